The maximum atomic E-state index is 2.45. The summed E-state index contributed by atoms with van der Waals surface area (Å²) in [5.41, 5.74) is 11.6. The largest absolute Gasteiger partial charge is 1.00 e. The van der Waals surface area contributed by atoms with Gasteiger partial charge in [-0.15, -0.1) is 69.1 Å². The van der Waals surface area contributed by atoms with Gasteiger partial charge in [0.05, 0.1) is 0 Å². The molecule has 0 N–H and O–H groups in total. The average Bonchev–Trinajstić information content (AvgIpc) is 4.06. The van der Waals surface area contributed by atoms with Crippen LogP contribution in [0.2, 0.25) is 12.6 Å². The van der Waals surface area contributed by atoms with Crippen LogP contribution in [0, 0.1) is 11.8 Å². The number of rotatable bonds is 12. The third-order valence-electron chi connectivity index (χ3n) is 13.1. The Kier molecular flexibility index (Phi) is 20.3. The Morgan fingerprint density at radius 1 is 0.586 bits per heavy atom. The molecule has 4 heteroatoms. The molecule has 0 spiro atoms. The zero-order valence-corrected chi connectivity index (χ0v) is 41.3. The second-order valence-electron chi connectivity index (χ2n) is 17.4. The number of benzene rings is 4. The Morgan fingerprint density at radius 2 is 0.966 bits per heavy atom. The fraction of sp³-hybridized carbons (Fsp3) is 0.444. The molecule has 2 aliphatic carbocycles. The van der Waals surface area contributed by atoms with E-state index in [1.807, 2.05) is 0 Å². The van der Waals surface area contributed by atoms with E-state index in [9.17, 15) is 0 Å². The summed E-state index contributed by atoms with van der Waals surface area (Å²) in [6.07, 6.45) is 17.7. The van der Waals surface area contributed by atoms with Crippen molar-refractivity contribution < 1.29 is 48.1 Å². The molecular formula is C54H68Cl2SiZr-2. The zero-order chi connectivity index (χ0) is 39.4. The number of hydrogen-bond donors (Lipinski definition) is 0. The van der Waals surface area contributed by atoms with Crippen LogP contribution in [-0.4, -0.2) is 5.43 Å². The van der Waals surface area contributed by atoms with Crippen LogP contribution < -0.4 is 24.8 Å². The minimum Gasteiger partial charge on any atom is -1.00 e. The minimum absolute atomic E-state index is 0. The van der Waals surface area contributed by atoms with Gasteiger partial charge in [0.1, 0.15) is 0 Å². The molecular weight excluding hydrogens is 839 g/mol. The summed E-state index contributed by atoms with van der Waals surface area (Å²) in [7, 11) is 0. The standard InChI is InChI=1S/2C25H29.C4H10Si.2ClH.Zr/c2*1-3-18(2)21-11-13-22(14-12-21)24-10-6-9-23-16-20(17-25(23)24)15-19-7-4-5-8-19;1-3-4-5-2;;;/h2*6,9-14,16-19H,3-5,7-8,15H2,1-2H3;3-4H2,1-2H3;2*1H;/q2*-1;;;;+2/p-2. The van der Waals surface area contributed by atoms with E-state index in [0.717, 1.165) is 11.8 Å². The van der Waals surface area contributed by atoms with Crippen LogP contribution in [0.15, 0.2) is 109 Å². The Morgan fingerprint density at radius 3 is 1.28 bits per heavy atom. The third kappa shape index (κ3) is 13.1. The topological polar surface area (TPSA) is 0 Å². The van der Waals surface area contributed by atoms with Gasteiger partial charge in [-0.05, 0) is 71.6 Å². The van der Waals surface area contributed by atoms with Crippen LogP contribution in [0.3, 0.4) is 0 Å². The first kappa shape index (κ1) is 48.4. The van der Waals surface area contributed by atoms with Gasteiger partial charge in [-0.2, -0.15) is 12.1 Å². The first-order valence-electron chi connectivity index (χ1n) is 22.4. The van der Waals surface area contributed by atoms with Crippen molar-refractivity contribution in [2.45, 2.75) is 143 Å². The van der Waals surface area contributed by atoms with E-state index < -0.39 is 0 Å². The van der Waals surface area contributed by atoms with E-state index in [-0.39, 0.29) is 30.2 Å². The summed E-state index contributed by atoms with van der Waals surface area (Å²) in [6, 6.07) is 43.2. The second-order valence-corrected chi connectivity index (χ2v) is 25.8. The Bertz CT molecular complexity index is 1960. The molecule has 0 amide bonds. The molecule has 0 radical (unpaired) electrons. The van der Waals surface area contributed by atoms with E-state index in [2.05, 4.69) is 150 Å². The molecule has 2 unspecified atom stereocenters. The molecule has 308 valence electrons. The first-order chi connectivity index (χ1) is 27.3. The number of fused-ring (bicyclic) bond motifs is 2. The van der Waals surface area contributed by atoms with Crippen LogP contribution in [0.25, 0.3) is 43.8 Å². The van der Waals surface area contributed by atoms with Gasteiger partial charge in [-0.3, -0.25) is 0 Å². The van der Waals surface area contributed by atoms with Gasteiger partial charge in [0, 0.05) is 0 Å². The van der Waals surface area contributed by atoms with Gasteiger partial charge in [-0.25, -0.2) is 0 Å². The Balaban J connectivity index is 0.000000219. The fourth-order valence-electron chi connectivity index (χ4n) is 9.26. The second kappa shape index (κ2) is 24.3. The van der Waals surface area contributed by atoms with Gasteiger partial charge in [0.25, 0.3) is 0 Å². The van der Waals surface area contributed by atoms with Crippen molar-refractivity contribution >= 4 is 27.0 Å². The van der Waals surface area contributed by atoms with E-state index in [1.54, 1.807) is 23.3 Å². The first-order valence-corrected chi connectivity index (χ1v) is 28.3. The predicted octanol–water partition coefficient (Wildman–Crippen LogP) is 10.5. The summed E-state index contributed by atoms with van der Waals surface area (Å²) in [5, 5.41) is 5.64. The Hall–Kier alpha value is -2.22. The van der Waals surface area contributed by atoms with Crippen LogP contribution in [0.4, 0.5) is 0 Å². The molecule has 6 aromatic carbocycles. The Labute approximate surface area is 380 Å². The van der Waals surface area contributed by atoms with Gasteiger partial charge >= 0.3 is 54.7 Å². The van der Waals surface area contributed by atoms with E-state index >= 15 is 0 Å². The van der Waals surface area contributed by atoms with Gasteiger partial charge in [-0.1, -0.05) is 151 Å². The molecule has 0 saturated heterocycles. The van der Waals surface area contributed by atoms with Crippen molar-refractivity contribution in [3.63, 3.8) is 0 Å². The summed E-state index contributed by atoms with van der Waals surface area (Å²) in [4.78, 5) is 0. The molecule has 0 aliphatic heterocycles. The molecule has 6 aromatic rings. The smallest absolute Gasteiger partial charge is 1.00 e. The summed E-state index contributed by atoms with van der Waals surface area (Å²) in [6.45, 7) is 13.8. The molecule has 2 atom stereocenters. The molecule has 0 heterocycles. The normalized spacial score (nSPS) is 15.2. The van der Waals surface area contributed by atoms with Crippen LogP contribution >= 0.6 is 0 Å². The maximum Gasteiger partial charge on any atom is -1.00 e. The molecule has 2 aliphatic rings. The van der Waals surface area contributed by atoms with E-state index in [4.69, 9.17) is 0 Å². The molecule has 0 bridgehead atoms. The molecule has 2 fully saturated rings. The van der Waals surface area contributed by atoms with Crippen molar-refractivity contribution in [2.75, 3.05) is 0 Å². The van der Waals surface area contributed by atoms with E-state index in [1.165, 1.54) is 156 Å². The number of halogens is 2. The van der Waals surface area contributed by atoms with Crippen LogP contribution in [0.1, 0.15) is 139 Å². The van der Waals surface area contributed by atoms with Gasteiger partial charge in [0.15, 0.2) is 0 Å². The fourth-order valence-corrected chi connectivity index (χ4v) is 11.9. The predicted molar refractivity (Wildman–Crippen MR) is 245 cm³/mol. The summed E-state index contributed by atoms with van der Waals surface area (Å²) < 4.78 is 0. The third-order valence-corrected chi connectivity index (χ3v) is 16.1. The SMILES string of the molecule is CCC(C)c1ccc(-c2cccc3[cH-]c(CC4CCCC4)cc23)cc1.CCC(C)c1ccc(-c2cccc3[cH-]c(CC4CCCC4)cc23)cc1.CCC[Si](C)=[Zr+2].[Cl-].[Cl-]. The van der Waals surface area contributed by atoms with Crippen molar-refractivity contribution in [3.8, 4) is 22.3 Å². The van der Waals surface area contributed by atoms with Gasteiger partial charge < -0.3 is 24.8 Å². The molecule has 0 aromatic heterocycles. The number of hydrogen-bond acceptors (Lipinski definition) is 0. The van der Waals surface area contributed by atoms with E-state index in [0.29, 0.717) is 11.8 Å². The molecule has 58 heavy (non-hydrogen) atoms. The monoisotopic (exact) mass is 904 g/mol. The molecule has 8 rings (SSSR count). The van der Waals surface area contributed by atoms with Crippen molar-refractivity contribution in [2.24, 2.45) is 11.8 Å². The molecule has 0 nitrogen and oxygen atoms in total. The average molecular weight is 907 g/mol. The quantitative estimate of drug-likeness (QED) is 0.0848. The van der Waals surface area contributed by atoms with Crippen molar-refractivity contribution in [1.29, 1.82) is 0 Å². The van der Waals surface area contributed by atoms with Gasteiger partial charge in [0.2, 0.25) is 0 Å². The molecule has 2 saturated carbocycles. The zero-order valence-electron chi connectivity index (χ0n) is 36.4. The van der Waals surface area contributed by atoms with Crippen LogP contribution in [-0.2, 0) is 36.2 Å². The maximum absolute atomic E-state index is 2.45. The van der Waals surface area contributed by atoms with Crippen molar-refractivity contribution in [1.82, 2.24) is 0 Å². The van der Waals surface area contributed by atoms with Crippen LogP contribution in [0.5, 0.6) is 0 Å². The van der Waals surface area contributed by atoms with Crippen molar-refractivity contribution in [3.05, 3.63) is 131 Å². The minimum atomic E-state index is 0. The summed E-state index contributed by atoms with van der Waals surface area (Å²) >= 11 is 1.79. The summed E-state index contributed by atoms with van der Waals surface area (Å²) in [5.74, 6) is 3.11.